The Kier molecular flexibility index (Phi) is 6.73. The minimum Gasteiger partial charge on any atom is -0.502 e. The summed E-state index contributed by atoms with van der Waals surface area (Å²) in [6.07, 6.45) is 9.61. The molecule has 0 bridgehead atoms. The first-order valence-electron chi connectivity index (χ1n) is 5.90. The van der Waals surface area contributed by atoms with Crippen molar-refractivity contribution < 1.29 is 8.95 Å². The monoisotopic (exact) mass is 230 g/mol. The van der Waals surface area contributed by atoms with Crippen LogP contribution < -0.4 is 0 Å². The lowest BCUT2D eigenvalue weighted by atomic mass is 10.00. The van der Waals surface area contributed by atoms with Crippen LogP contribution in [0.15, 0.2) is 12.3 Å². The molecule has 0 aromatic carbocycles. The SMILES string of the molecule is C/C=C/OCCC1CCCCCS(=O)C1. The molecule has 0 amide bonds. The highest BCUT2D eigenvalue weighted by Crippen LogP contribution is 2.19. The highest BCUT2D eigenvalue weighted by molar-refractivity contribution is 7.84. The van der Waals surface area contributed by atoms with E-state index >= 15 is 0 Å². The molecule has 0 saturated carbocycles. The zero-order chi connectivity index (χ0) is 10.9. The van der Waals surface area contributed by atoms with Gasteiger partial charge in [-0.15, -0.1) is 0 Å². The molecular weight excluding hydrogens is 208 g/mol. The van der Waals surface area contributed by atoms with E-state index in [0.717, 1.165) is 31.0 Å². The molecule has 2 nitrogen and oxygen atoms in total. The van der Waals surface area contributed by atoms with Gasteiger partial charge in [0, 0.05) is 22.3 Å². The molecule has 3 heteroatoms. The van der Waals surface area contributed by atoms with Crippen LogP contribution in [0.1, 0.15) is 39.0 Å². The average molecular weight is 230 g/mol. The zero-order valence-electron chi connectivity index (χ0n) is 9.61. The molecule has 0 aromatic heterocycles. The number of ether oxygens (including phenoxy) is 1. The third kappa shape index (κ3) is 5.98. The molecule has 2 atom stereocenters. The Balaban J connectivity index is 2.21. The van der Waals surface area contributed by atoms with Gasteiger partial charge in [-0.1, -0.05) is 18.9 Å². The molecule has 1 rings (SSSR count). The summed E-state index contributed by atoms with van der Waals surface area (Å²) in [6, 6.07) is 0. The Morgan fingerprint density at radius 1 is 1.40 bits per heavy atom. The summed E-state index contributed by atoms with van der Waals surface area (Å²) in [5.41, 5.74) is 0. The first kappa shape index (κ1) is 12.8. The van der Waals surface area contributed by atoms with Gasteiger partial charge in [0.15, 0.2) is 0 Å². The van der Waals surface area contributed by atoms with Crippen molar-refractivity contribution in [1.82, 2.24) is 0 Å². The van der Waals surface area contributed by atoms with E-state index in [1.54, 1.807) is 6.26 Å². The van der Waals surface area contributed by atoms with E-state index < -0.39 is 10.8 Å². The smallest absolute Gasteiger partial charge is 0.0876 e. The molecule has 1 saturated heterocycles. The fraction of sp³-hybridized carbons (Fsp3) is 0.833. The molecule has 88 valence electrons. The second kappa shape index (κ2) is 7.91. The second-order valence-electron chi connectivity index (χ2n) is 4.15. The fourth-order valence-electron chi connectivity index (χ4n) is 1.93. The molecule has 1 aliphatic heterocycles. The summed E-state index contributed by atoms with van der Waals surface area (Å²) in [5.74, 6) is 2.40. The summed E-state index contributed by atoms with van der Waals surface area (Å²) in [6.45, 7) is 2.72. The predicted molar refractivity (Wildman–Crippen MR) is 65.2 cm³/mol. The Bertz CT molecular complexity index is 214. The lowest BCUT2D eigenvalue weighted by molar-refractivity contribution is 0.221. The van der Waals surface area contributed by atoms with Crippen LogP contribution in [0.2, 0.25) is 0 Å². The third-order valence-corrected chi connectivity index (χ3v) is 4.37. The summed E-state index contributed by atoms with van der Waals surface area (Å²) in [4.78, 5) is 0. The van der Waals surface area contributed by atoms with Gasteiger partial charge >= 0.3 is 0 Å². The third-order valence-electron chi connectivity index (χ3n) is 2.78. The number of hydrogen-bond donors (Lipinski definition) is 0. The van der Waals surface area contributed by atoms with Gasteiger partial charge in [0.2, 0.25) is 0 Å². The van der Waals surface area contributed by atoms with Crippen molar-refractivity contribution in [3.8, 4) is 0 Å². The Morgan fingerprint density at radius 3 is 3.07 bits per heavy atom. The lowest BCUT2D eigenvalue weighted by Gasteiger charge is -2.18. The van der Waals surface area contributed by atoms with Crippen LogP contribution in [0.3, 0.4) is 0 Å². The lowest BCUT2D eigenvalue weighted by Crippen LogP contribution is -2.17. The topological polar surface area (TPSA) is 26.3 Å². The molecule has 0 aromatic rings. The highest BCUT2D eigenvalue weighted by atomic mass is 32.2. The van der Waals surface area contributed by atoms with Crippen molar-refractivity contribution in [1.29, 1.82) is 0 Å². The largest absolute Gasteiger partial charge is 0.502 e. The van der Waals surface area contributed by atoms with Gasteiger partial charge < -0.3 is 4.74 Å². The summed E-state index contributed by atoms with van der Waals surface area (Å²) in [5, 5.41) is 0. The Hall–Kier alpha value is -0.310. The second-order valence-corrected chi connectivity index (χ2v) is 5.78. The molecule has 1 heterocycles. The number of rotatable bonds is 4. The predicted octanol–water partition coefficient (Wildman–Crippen LogP) is 2.87. The first-order valence-corrected chi connectivity index (χ1v) is 7.39. The molecule has 2 unspecified atom stereocenters. The van der Waals surface area contributed by atoms with Crippen LogP contribution in [0.4, 0.5) is 0 Å². The Morgan fingerprint density at radius 2 is 2.27 bits per heavy atom. The van der Waals surface area contributed by atoms with Crippen molar-refractivity contribution in [2.24, 2.45) is 5.92 Å². The van der Waals surface area contributed by atoms with Gasteiger partial charge in [0.25, 0.3) is 0 Å². The zero-order valence-corrected chi connectivity index (χ0v) is 10.4. The maximum atomic E-state index is 11.6. The normalized spacial score (nSPS) is 28.6. The first-order chi connectivity index (χ1) is 7.33. The van der Waals surface area contributed by atoms with Gasteiger partial charge in [-0.3, -0.25) is 4.21 Å². The highest BCUT2D eigenvalue weighted by Gasteiger charge is 2.15. The van der Waals surface area contributed by atoms with Gasteiger partial charge in [0.05, 0.1) is 12.9 Å². The molecular formula is C12H22O2S. The Labute approximate surface area is 95.5 Å². The van der Waals surface area contributed by atoms with Crippen molar-refractivity contribution >= 4 is 10.8 Å². The van der Waals surface area contributed by atoms with Gasteiger partial charge in [-0.25, -0.2) is 0 Å². The summed E-state index contributed by atoms with van der Waals surface area (Å²) < 4.78 is 16.9. The molecule has 0 aliphatic carbocycles. The molecule has 1 aliphatic rings. The minimum atomic E-state index is -0.580. The van der Waals surface area contributed by atoms with Crippen molar-refractivity contribution in [3.05, 3.63) is 12.3 Å². The summed E-state index contributed by atoms with van der Waals surface area (Å²) >= 11 is 0. The number of hydrogen-bond acceptors (Lipinski definition) is 2. The summed E-state index contributed by atoms with van der Waals surface area (Å²) in [7, 11) is -0.580. The van der Waals surface area contributed by atoms with Crippen molar-refractivity contribution in [3.63, 3.8) is 0 Å². The maximum absolute atomic E-state index is 11.6. The van der Waals surface area contributed by atoms with Crippen LogP contribution >= 0.6 is 0 Å². The van der Waals surface area contributed by atoms with Crippen LogP contribution in [-0.4, -0.2) is 22.3 Å². The quantitative estimate of drug-likeness (QED) is 0.548. The van der Waals surface area contributed by atoms with E-state index in [9.17, 15) is 4.21 Å². The molecule has 0 radical (unpaired) electrons. The van der Waals surface area contributed by atoms with E-state index in [1.807, 2.05) is 13.0 Å². The van der Waals surface area contributed by atoms with E-state index in [0.29, 0.717) is 5.92 Å². The van der Waals surface area contributed by atoms with E-state index in [2.05, 4.69) is 0 Å². The van der Waals surface area contributed by atoms with E-state index in [4.69, 9.17) is 4.74 Å². The minimum absolute atomic E-state index is 0.580. The standard InChI is InChI=1S/C12H22O2S/c1-2-8-14-9-7-12-6-4-3-5-10-15(13)11-12/h2,8,12H,3-7,9-11H2,1H3/b8-2+. The van der Waals surface area contributed by atoms with Crippen LogP contribution in [0.5, 0.6) is 0 Å². The van der Waals surface area contributed by atoms with Crippen LogP contribution in [0, 0.1) is 5.92 Å². The molecule has 15 heavy (non-hydrogen) atoms. The van der Waals surface area contributed by atoms with Crippen molar-refractivity contribution in [2.45, 2.75) is 39.0 Å². The van der Waals surface area contributed by atoms with E-state index in [1.165, 1.54) is 19.3 Å². The molecule has 1 fully saturated rings. The average Bonchev–Trinajstić information content (AvgIpc) is 2.19. The van der Waals surface area contributed by atoms with Gasteiger partial charge in [0.1, 0.15) is 0 Å². The van der Waals surface area contributed by atoms with Crippen LogP contribution in [0.25, 0.3) is 0 Å². The molecule has 0 spiro atoms. The maximum Gasteiger partial charge on any atom is 0.0876 e. The van der Waals surface area contributed by atoms with Gasteiger partial charge in [-0.2, -0.15) is 0 Å². The fourth-order valence-corrected chi connectivity index (χ4v) is 3.48. The number of allylic oxidation sites excluding steroid dienone is 1. The van der Waals surface area contributed by atoms with Crippen molar-refractivity contribution in [2.75, 3.05) is 18.1 Å². The van der Waals surface area contributed by atoms with Gasteiger partial charge in [-0.05, 0) is 32.1 Å². The van der Waals surface area contributed by atoms with Crippen LogP contribution in [-0.2, 0) is 15.5 Å². The van der Waals surface area contributed by atoms with E-state index in [-0.39, 0.29) is 0 Å². The molecule has 0 N–H and O–H groups in total.